The Hall–Kier alpha value is -1.50. The van der Waals surface area contributed by atoms with Crippen LogP contribution in [-0.4, -0.2) is 6.04 Å². The molecule has 0 aromatic heterocycles. The predicted molar refractivity (Wildman–Crippen MR) is 85.7 cm³/mol. The van der Waals surface area contributed by atoms with Crippen LogP contribution in [0.3, 0.4) is 0 Å². The predicted octanol–water partition coefficient (Wildman–Crippen LogP) is 5.47. The van der Waals surface area contributed by atoms with E-state index in [4.69, 9.17) is 0 Å². The second-order valence-electron chi connectivity index (χ2n) is 5.56. The van der Waals surface area contributed by atoms with Crippen molar-refractivity contribution in [1.82, 2.24) is 0 Å². The van der Waals surface area contributed by atoms with Crippen LogP contribution in [0.15, 0.2) is 42.5 Å². The lowest BCUT2D eigenvalue weighted by atomic mass is 9.97. The van der Waals surface area contributed by atoms with Crippen LogP contribution in [0.25, 0.3) is 10.8 Å². The zero-order chi connectivity index (χ0) is 13.7. The Morgan fingerprint density at radius 2 is 1.68 bits per heavy atom. The van der Waals surface area contributed by atoms with Crippen molar-refractivity contribution in [3.05, 3.63) is 42.5 Å². The van der Waals surface area contributed by atoms with Gasteiger partial charge in [0.15, 0.2) is 0 Å². The smallest absolute Gasteiger partial charge is 0.0348 e. The fraction of sp³-hybridized carbons (Fsp3) is 0.444. The summed E-state index contributed by atoms with van der Waals surface area (Å²) in [4.78, 5) is 0. The fourth-order valence-corrected chi connectivity index (χ4v) is 2.49. The van der Waals surface area contributed by atoms with Gasteiger partial charge in [0.25, 0.3) is 0 Å². The molecule has 0 heterocycles. The highest BCUT2D eigenvalue weighted by Crippen LogP contribution is 2.22. The van der Waals surface area contributed by atoms with Crippen LogP contribution in [0.1, 0.15) is 40.0 Å². The number of benzene rings is 2. The number of anilines is 1. The molecule has 2 aromatic carbocycles. The van der Waals surface area contributed by atoms with Gasteiger partial charge in [0.2, 0.25) is 0 Å². The van der Waals surface area contributed by atoms with Crippen molar-refractivity contribution in [3.8, 4) is 0 Å². The number of nitrogens with one attached hydrogen (secondary N) is 1. The summed E-state index contributed by atoms with van der Waals surface area (Å²) in [6.07, 6.45) is 3.69. The van der Waals surface area contributed by atoms with Gasteiger partial charge in [-0.15, -0.1) is 0 Å². The summed E-state index contributed by atoms with van der Waals surface area (Å²) >= 11 is 0. The monoisotopic (exact) mass is 255 g/mol. The van der Waals surface area contributed by atoms with E-state index >= 15 is 0 Å². The molecule has 1 heteroatoms. The van der Waals surface area contributed by atoms with Crippen LogP contribution in [0, 0.1) is 5.92 Å². The molecule has 1 nitrogen and oxygen atoms in total. The summed E-state index contributed by atoms with van der Waals surface area (Å²) < 4.78 is 0. The third-order valence-corrected chi connectivity index (χ3v) is 4.00. The first-order valence-electron chi connectivity index (χ1n) is 7.48. The molecule has 2 unspecified atom stereocenters. The van der Waals surface area contributed by atoms with E-state index in [0.29, 0.717) is 6.04 Å². The Morgan fingerprint density at radius 1 is 0.947 bits per heavy atom. The van der Waals surface area contributed by atoms with Gasteiger partial charge in [0.1, 0.15) is 0 Å². The van der Waals surface area contributed by atoms with Gasteiger partial charge in [-0.3, -0.25) is 0 Å². The second-order valence-corrected chi connectivity index (χ2v) is 5.56. The molecule has 0 saturated heterocycles. The minimum Gasteiger partial charge on any atom is -0.382 e. The Kier molecular flexibility index (Phi) is 4.84. The largest absolute Gasteiger partial charge is 0.382 e. The third-order valence-electron chi connectivity index (χ3n) is 4.00. The van der Waals surface area contributed by atoms with Gasteiger partial charge in [-0.05, 0) is 41.7 Å². The van der Waals surface area contributed by atoms with Gasteiger partial charge in [-0.1, -0.05) is 57.5 Å². The third kappa shape index (κ3) is 3.73. The maximum atomic E-state index is 3.69. The van der Waals surface area contributed by atoms with Crippen LogP contribution < -0.4 is 5.32 Å². The Morgan fingerprint density at radius 3 is 2.37 bits per heavy atom. The van der Waals surface area contributed by atoms with Crippen molar-refractivity contribution < 1.29 is 0 Å². The molecular weight excluding hydrogens is 230 g/mol. The van der Waals surface area contributed by atoms with Crippen molar-refractivity contribution in [2.75, 3.05) is 5.32 Å². The summed E-state index contributed by atoms with van der Waals surface area (Å²) in [5.74, 6) is 0.790. The van der Waals surface area contributed by atoms with Crippen molar-refractivity contribution in [2.45, 2.75) is 46.1 Å². The number of rotatable bonds is 6. The van der Waals surface area contributed by atoms with E-state index in [-0.39, 0.29) is 0 Å². The first-order valence-corrected chi connectivity index (χ1v) is 7.48. The lowest BCUT2D eigenvalue weighted by Crippen LogP contribution is -2.21. The van der Waals surface area contributed by atoms with E-state index in [1.165, 1.54) is 35.7 Å². The van der Waals surface area contributed by atoms with Gasteiger partial charge in [0.05, 0.1) is 0 Å². The molecule has 0 bridgehead atoms. The molecule has 0 fully saturated rings. The molecule has 102 valence electrons. The molecule has 1 N–H and O–H groups in total. The molecule has 0 saturated carbocycles. The average Bonchev–Trinajstić information content (AvgIpc) is 2.46. The van der Waals surface area contributed by atoms with Crippen molar-refractivity contribution >= 4 is 16.5 Å². The van der Waals surface area contributed by atoms with Gasteiger partial charge < -0.3 is 5.32 Å². The lowest BCUT2D eigenvalue weighted by Gasteiger charge is -2.21. The summed E-state index contributed by atoms with van der Waals surface area (Å²) in [6, 6.07) is 15.8. The molecule has 0 radical (unpaired) electrons. The highest BCUT2D eigenvalue weighted by Gasteiger charge is 2.10. The highest BCUT2D eigenvalue weighted by atomic mass is 14.9. The summed E-state index contributed by atoms with van der Waals surface area (Å²) in [5, 5.41) is 6.31. The maximum absolute atomic E-state index is 3.69. The standard InChI is InChI=1S/C18H25N/c1-4-14(3)12-17(5-2)19-18-11-10-15-8-6-7-9-16(15)13-18/h6-11,13-14,17,19H,4-5,12H2,1-3H3. The molecule has 19 heavy (non-hydrogen) atoms. The summed E-state index contributed by atoms with van der Waals surface area (Å²) in [6.45, 7) is 6.87. The number of fused-ring (bicyclic) bond motifs is 1. The van der Waals surface area contributed by atoms with Gasteiger partial charge in [-0.2, -0.15) is 0 Å². The minimum absolute atomic E-state index is 0.580. The fourth-order valence-electron chi connectivity index (χ4n) is 2.49. The van der Waals surface area contributed by atoms with Gasteiger partial charge in [-0.25, -0.2) is 0 Å². The molecule has 2 atom stereocenters. The molecule has 2 rings (SSSR count). The number of hydrogen-bond acceptors (Lipinski definition) is 1. The van der Waals surface area contributed by atoms with Crippen LogP contribution in [0.4, 0.5) is 5.69 Å². The Labute approximate surface area is 117 Å². The van der Waals surface area contributed by atoms with Crippen LogP contribution >= 0.6 is 0 Å². The SMILES string of the molecule is CCC(C)CC(CC)Nc1ccc2ccccc2c1. The van der Waals surface area contributed by atoms with Crippen LogP contribution in [0.2, 0.25) is 0 Å². The van der Waals surface area contributed by atoms with Crippen LogP contribution in [0.5, 0.6) is 0 Å². The quantitative estimate of drug-likeness (QED) is 0.722. The maximum Gasteiger partial charge on any atom is 0.0348 e. The lowest BCUT2D eigenvalue weighted by molar-refractivity contribution is 0.462. The van der Waals surface area contributed by atoms with E-state index in [9.17, 15) is 0 Å². The zero-order valence-electron chi connectivity index (χ0n) is 12.3. The van der Waals surface area contributed by atoms with Crippen LogP contribution in [-0.2, 0) is 0 Å². The van der Waals surface area contributed by atoms with E-state index in [1.807, 2.05) is 0 Å². The Balaban J connectivity index is 2.10. The van der Waals surface area contributed by atoms with E-state index in [1.54, 1.807) is 0 Å². The average molecular weight is 255 g/mol. The molecule has 0 aliphatic rings. The second kappa shape index (κ2) is 6.60. The van der Waals surface area contributed by atoms with Crippen molar-refractivity contribution in [1.29, 1.82) is 0 Å². The Bertz CT molecular complexity index is 518. The summed E-state index contributed by atoms with van der Waals surface area (Å²) in [7, 11) is 0. The van der Waals surface area contributed by atoms with E-state index in [0.717, 1.165) is 5.92 Å². The normalized spacial score (nSPS) is 14.3. The first kappa shape index (κ1) is 13.9. The van der Waals surface area contributed by atoms with Gasteiger partial charge in [0, 0.05) is 11.7 Å². The summed E-state index contributed by atoms with van der Waals surface area (Å²) in [5.41, 5.74) is 1.24. The molecule has 0 aliphatic carbocycles. The van der Waals surface area contributed by atoms with E-state index < -0.39 is 0 Å². The topological polar surface area (TPSA) is 12.0 Å². The van der Waals surface area contributed by atoms with Gasteiger partial charge >= 0.3 is 0 Å². The zero-order valence-corrected chi connectivity index (χ0v) is 12.3. The van der Waals surface area contributed by atoms with Crippen molar-refractivity contribution in [3.63, 3.8) is 0 Å². The minimum atomic E-state index is 0.580. The molecule has 0 amide bonds. The molecule has 0 spiro atoms. The first-order chi connectivity index (χ1) is 9.22. The molecule has 0 aliphatic heterocycles. The molecular formula is C18H25N. The van der Waals surface area contributed by atoms with E-state index in [2.05, 4.69) is 68.6 Å². The number of hydrogen-bond donors (Lipinski definition) is 1. The molecule has 2 aromatic rings. The highest BCUT2D eigenvalue weighted by molar-refractivity contribution is 5.85. The van der Waals surface area contributed by atoms with Crippen molar-refractivity contribution in [2.24, 2.45) is 5.92 Å².